The summed E-state index contributed by atoms with van der Waals surface area (Å²) in [6, 6.07) is 0. The number of aryl methyl sites for hydroxylation is 1. The quantitative estimate of drug-likeness (QED) is 0.664. The number of nitrogens with zero attached hydrogens (tertiary/aromatic N) is 3. The molecule has 2 rings (SSSR count). The van der Waals surface area contributed by atoms with Crippen LogP contribution in [0, 0.1) is 0 Å². The molecular weight excluding hydrogens is 174 g/mol. The highest BCUT2D eigenvalue weighted by Crippen LogP contribution is 2.08. The molecule has 1 saturated heterocycles. The molecule has 1 aliphatic rings. The Kier molecular flexibility index (Phi) is 3.57. The minimum Gasteiger partial charge on any atom is -0.337 e. The maximum atomic E-state index is 4.03. The standard InChI is InChI=1S/C11H19N3/c1-2-7-13(6-1)8-3-4-9-14-10-5-12-11-14/h5,10-11H,1-4,6-9H2. The first-order chi connectivity index (χ1) is 6.95. The van der Waals surface area contributed by atoms with Crippen molar-refractivity contribution in [2.45, 2.75) is 32.2 Å². The monoisotopic (exact) mass is 193 g/mol. The average Bonchev–Trinajstić information content (AvgIpc) is 2.86. The average molecular weight is 193 g/mol. The summed E-state index contributed by atoms with van der Waals surface area (Å²) in [5.41, 5.74) is 0. The molecule has 0 unspecified atom stereocenters. The van der Waals surface area contributed by atoms with Gasteiger partial charge in [0.2, 0.25) is 0 Å². The molecule has 0 aliphatic carbocycles. The van der Waals surface area contributed by atoms with Gasteiger partial charge in [-0.1, -0.05) is 0 Å². The molecule has 1 aliphatic heterocycles. The van der Waals surface area contributed by atoms with Gasteiger partial charge in [-0.2, -0.15) is 0 Å². The van der Waals surface area contributed by atoms with Crippen LogP contribution in [0.2, 0.25) is 0 Å². The Hall–Kier alpha value is -0.830. The Morgan fingerprint density at radius 3 is 2.57 bits per heavy atom. The van der Waals surface area contributed by atoms with Gasteiger partial charge in [0.15, 0.2) is 0 Å². The molecule has 1 fully saturated rings. The third-order valence-corrected chi connectivity index (χ3v) is 2.90. The van der Waals surface area contributed by atoms with Crippen molar-refractivity contribution >= 4 is 0 Å². The fourth-order valence-corrected chi connectivity index (χ4v) is 2.06. The van der Waals surface area contributed by atoms with Crippen molar-refractivity contribution in [3.63, 3.8) is 0 Å². The summed E-state index contributed by atoms with van der Waals surface area (Å²) in [5, 5.41) is 0. The largest absolute Gasteiger partial charge is 0.337 e. The van der Waals surface area contributed by atoms with Crippen molar-refractivity contribution in [1.82, 2.24) is 14.5 Å². The molecule has 0 aromatic carbocycles. The molecule has 0 atom stereocenters. The lowest BCUT2D eigenvalue weighted by Crippen LogP contribution is -2.20. The summed E-state index contributed by atoms with van der Waals surface area (Å²) in [6.07, 6.45) is 11.2. The fourth-order valence-electron chi connectivity index (χ4n) is 2.06. The van der Waals surface area contributed by atoms with Crippen LogP contribution in [0.1, 0.15) is 25.7 Å². The number of hydrogen-bond acceptors (Lipinski definition) is 2. The van der Waals surface area contributed by atoms with E-state index in [1.54, 1.807) is 0 Å². The van der Waals surface area contributed by atoms with Crippen molar-refractivity contribution < 1.29 is 0 Å². The number of rotatable bonds is 5. The van der Waals surface area contributed by atoms with E-state index in [-0.39, 0.29) is 0 Å². The summed E-state index contributed by atoms with van der Waals surface area (Å²) < 4.78 is 2.16. The van der Waals surface area contributed by atoms with Crippen LogP contribution in [0.5, 0.6) is 0 Å². The van der Waals surface area contributed by atoms with E-state index in [9.17, 15) is 0 Å². The Balaban J connectivity index is 1.55. The molecule has 78 valence electrons. The second-order valence-electron chi connectivity index (χ2n) is 4.06. The number of likely N-dealkylation sites (tertiary alicyclic amines) is 1. The molecule has 0 saturated carbocycles. The van der Waals surface area contributed by atoms with Crippen LogP contribution in [-0.4, -0.2) is 34.1 Å². The highest BCUT2D eigenvalue weighted by Gasteiger charge is 2.09. The molecule has 3 heteroatoms. The first kappa shape index (κ1) is 9.71. The summed E-state index contributed by atoms with van der Waals surface area (Å²) in [6.45, 7) is 5.05. The molecule has 1 aromatic heterocycles. The zero-order chi connectivity index (χ0) is 9.64. The number of aromatic nitrogens is 2. The molecule has 2 heterocycles. The van der Waals surface area contributed by atoms with E-state index in [2.05, 4.69) is 14.5 Å². The first-order valence-electron chi connectivity index (χ1n) is 5.63. The van der Waals surface area contributed by atoms with Crippen LogP contribution >= 0.6 is 0 Å². The van der Waals surface area contributed by atoms with E-state index in [4.69, 9.17) is 0 Å². The number of unbranched alkanes of at least 4 members (excludes halogenated alkanes) is 1. The predicted molar refractivity (Wildman–Crippen MR) is 57.1 cm³/mol. The minimum absolute atomic E-state index is 1.12. The predicted octanol–water partition coefficient (Wildman–Crippen LogP) is 1.76. The molecular formula is C11H19N3. The molecule has 0 spiro atoms. The highest BCUT2D eigenvalue weighted by molar-refractivity contribution is 4.74. The van der Waals surface area contributed by atoms with E-state index in [0.29, 0.717) is 0 Å². The maximum absolute atomic E-state index is 4.03. The second-order valence-corrected chi connectivity index (χ2v) is 4.06. The zero-order valence-corrected chi connectivity index (χ0v) is 8.73. The van der Waals surface area contributed by atoms with Gasteiger partial charge in [-0.25, -0.2) is 4.98 Å². The van der Waals surface area contributed by atoms with Crippen molar-refractivity contribution in [2.75, 3.05) is 19.6 Å². The molecule has 0 radical (unpaired) electrons. The summed E-state index contributed by atoms with van der Waals surface area (Å²) >= 11 is 0. The lowest BCUT2D eigenvalue weighted by Gasteiger charge is -2.13. The minimum atomic E-state index is 1.12. The van der Waals surface area contributed by atoms with Gasteiger partial charge in [0.25, 0.3) is 0 Å². The Morgan fingerprint density at radius 1 is 1.07 bits per heavy atom. The normalized spacial score (nSPS) is 17.7. The lowest BCUT2D eigenvalue weighted by molar-refractivity contribution is 0.326. The van der Waals surface area contributed by atoms with Gasteiger partial charge in [-0.3, -0.25) is 0 Å². The first-order valence-corrected chi connectivity index (χ1v) is 5.63. The Bertz CT molecular complexity index is 237. The van der Waals surface area contributed by atoms with E-state index in [1.807, 2.05) is 18.7 Å². The molecule has 0 N–H and O–H groups in total. The zero-order valence-electron chi connectivity index (χ0n) is 8.73. The van der Waals surface area contributed by atoms with E-state index >= 15 is 0 Å². The van der Waals surface area contributed by atoms with Gasteiger partial charge < -0.3 is 9.47 Å². The molecule has 3 nitrogen and oxygen atoms in total. The van der Waals surface area contributed by atoms with Crippen LogP contribution < -0.4 is 0 Å². The van der Waals surface area contributed by atoms with Crippen molar-refractivity contribution in [2.24, 2.45) is 0 Å². The third-order valence-electron chi connectivity index (χ3n) is 2.90. The second kappa shape index (κ2) is 5.15. The van der Waals surface area contributed by atoms with Crippen molar-refractivity contribution in [1.29, 1.82) is 0 Å². The summed E-state index contributed by atoms with van der Waals surface area (Å²) in [7, 11) is 0. The molecule has 0 amide bonds. The van der Waals surface area contributed by atoms with Gasteiger partial charge in [0, 0.05) is 18.9 Å². The number of imidazole rings is 1. The Labute approximate surface area is 85.7 Å². The van der Waals surface area contributed by atoms with Crippen LogP contribution in [-0.2, 0) is 6.54 Å². The van der Waals surface area contributed by atoms with E-state index in [0.717, 1.165) is 6.54 Å². The van der Waals surface area contributed by atoms with Crippen molar-refractivity contribution in [3.05, 3.63) is 18.7 Å². The molecule has 0 bridgehead atoms. The lowest BCUT2D eigenvalue weighted by atomic mass is 10.3. The van der Waals surface area contributed by atoms with Gasteiger partial charge in [0.05, 0.1) is 6.33 Å². The highest BCUT2D eigenvalue weighted by atomic mass is 15.1. The smallest absolute Gasteiger partial charge is 0.0945 e. The van der Waals surface area contributed by atoms with Crippen LogP contribution in [0.25, 0.3) is 0 Å². The maximum Gasteiger partial charge on any atom is 0.0945 e. The van der Waals surface area contributed by atoms with E-state index in [1.165, 1.54) is 45.3 Å². The Morgan fingerprint density at radius 2 is 1.86 bits per heavy atom. The molecule has 1 aromatic rings. The van der Waals surface area contributed by atoms with Gasteiger partial charge >= 0.3 is 0 Å². The summed E-state index contributed by atoms with van der Waals surface area (Å²) in [4.78, 5) is 6.61. The van der Waals surface area contributed by atoms with Gasteiger partial charge in [0.1, 0.15) is 0 Å². The fraction of sp³-hybridized carbons (Fsp3) is 0.727. The van der Waals surface area contributed by atoms with Gasteiger partial charge in [-0.05, 0) is 45.3 Å². The summed E-state index contributed by atoms with van der Waals surface area (Å²) in [5.74, 6) is 0. The van der Waals surface area contributed by atoms with Crippen LogP contribution in [0.3, 0.4) is 0 Å². The van der Waals surface area contributed by atoms with Crippen molar-refractivity contribution in [3.8, 4) is 0 Å². The van der Waals surface area contributed by atoms with E-state index < -0.39 is 0 Å². The van der Waals surface area contributed by atoms with Gasteiger partial charge in [-0.15, -0.1) is 0 Å². The molecule has 14 heavy (non-hydrogen) atoms. The SMILES string of the molecule is c1cn(CCCCN2CCCC2)cn1. The van der Waals surface area contributed by atoms with Crippen LogP contribution in [0.4, 0.5) is 0 Å². The number of hydrogen-bond donors (Lipinski definition) is 0. The third kappa shape index (κ3) is 2.84. The topological polar surface area (TPSA) is 21.1 Å². The van der Waals surface area contributed by atoms with Crippen LogP contribution in [0.15, 0.2) is 18.7 Å².